The van der Waals surface area contributed by atoms with E-state index in [9.17, 15) is 4.79 Å². The van der Waals surface area contributed by atoms with Crippen LogP contribution in [0, 0.1) is 5.92 Å². The van der Waals surface area contributed by atoms with Crippen molar-refractivity contribution in [1.29, 1.82) is 0 Å². The smallest absolute Gasteiger partial charge is 0.312 e. The van der Waals surface area contributed by atoms with Crippen molar-refractivity contribution < 1.29 is 9.53 Å². The van der Waals surface area contributed by atoms with Gasteiger partial charge in [0.15, 0.2) is 0 Å². The fourth-order valence-electron chi connectivity index (χ4n) is 2.04. The van der Waals surface area contributed by atoms with Crippen molar-refractivity contribution in [2.45, 2.75) is 64.9 Å². The van der Waals surface area contributed by atoms with Crippen molar-refractivity contribution in [1.82, 2.24) is 0 Å². The largest absolute Gasteiger partial charge is 0.461 e. The summed E-state index contributed by atoms with van der Waals surface area (Å²) in [5, 5.41) is 0. The van der Waals surface area contributed by atoms with E-state index in [1.54, 1.807) is 0 Å². The van der Waals surface area contributed by atoms with Gasteiger partial charge in [-0.1, -0.05) is 39.5 Å². The summed E-state index contributed by atoms with van der Waals surface area (Å²) in [7, 11) is 0. The number of hydrogen-bond acceptors (Lipinski definition) is 2. The van der Waals surface area contributed by atoms with Gasteiger partial charge in [-0.05, 0) is 19.3 Å². The van der Waals surface area contributed by atoms with Gasteiger partial charge in [-0.3, -0.25) is 4.79 Å². The van der Waals surface area contributed by atoms with Crippen molar-refractivity contribution >= 4 is 5.97 Å². The summed E-state index contributed by atoms with van der Waals surface area (Å²) >= 11 is 0. The van der Waals surface area contributed by atoms with Crippen LogP contribution in [0.25, 0.3) is 0 Å². The molecule has 0 amide bonds. The summed E-state index contributed by atoms with van der Waals surface area (Å²) in [5.41, 5.74) is 0. The van der Waals surface area contributed by atoms with Crippen LogP contribution in [-0.2, 0) is 9.53 Å². The highest BCUT2D eigenvalue weighted by Gasteiger charge is 2.39. The normalized spacial score (nSPS) is 25.7. The lowest BCUT2D eigenvalue weighted by molar-refractivity contribution is -0.185. The topological polar surface area (TPSA) is 26.3 Å². The van der Waals surface area contributed by atoms with Gasteiger partial charge >= 0.3 is 5.97 Å². The van der Waals surface area contributed by atoms with Crippen LogP contribution >= 0.6 is 0 Å². The molecule has 0 saturated carbocycles. The Labute approximate surface area is 87.0 Å². The minimum atomic E-state index is 0.0195. The highest BCUT2D eigenvalue weighted by molar-refractivity contribution is 5.78. The molecule has 2 nitrogen and oxygen atoms in total. The maximum Gasteiger partial charge on any atom is 0.312 e. The lowest BCUT2D eigenvalue weighted by atomic mass is 9.90. The highest BCUT2D eigenvalue weighted by Crippen LogP contribution is 2.29. The second-order valence-corrected chi connectivity index (χ2v) is 4.19. The van der Waals surface area contributed by atoms with Gasteiger partial charge in [-0.15, -0.1) is 0 Å². The molecule has 0 aromatic carbocycles. The number of carbonyl (C=O) groups is 1. The van der Waals surface area contributed by atoms with Gasteiger partial charge in [0, 0.05) is 0 Å². The van der Waals surface area contributed by atoms with Crippen LogP contribution in [0.15, 0.2) is 0 Å². The quantitative estimate of drug-likeness (QED) is 0.463. The average molecular weight is 198 g/mol. The van der Waals surface area contributed by atoms with Crippen LogP contribution in [0.4, 0.5) is 0 Å². The minimum absolute atomic E-state index is 0.0195. The molecule has 0 radical (unpaired) electrons. The SMILES string of the molecule is CCCCCCC[C@H]1OC(=O)[C@@H]1CC. The highest BCUT2D eigenvalue weighted by atomic mass is 16.6. The standard InChI is InChI=1S/C12H22O2/c1-3-5-6-7-8-9-11-10(4-2)12(13)14-11/h10-11H,3-9H2,1-2H3/t10-,11-/m1/s1. The number of rotatable bonds is 7. The first-order chi connectivity index (χ1) is 6.79. The summed E-state index contributed by atoms with van der Waals surface area (Å²) < 4.78 is 5.11. The van der Waals surface area contributed by atoms with Gasteiger partial charge in [0.05, 0.1) is 5.92 Å². The van der Waals surface area contributed by atoms with E-state index in [1.165, 1.54) is 32.1 Å². The van der Waals surface area contributed by atoms with Crippen LogP contribution < -0.4 is 0 Å². The molecule has 1 aliphatic rings. The molecular weight excluding hydrogens is 176 g/mol. The number of ether oxygens (including phenoxy) is 1. The molecule has 0 N–H and O–H groups in total. The van der Waals surface area contributed by atoms with Crippen LogP contribution in [0.3, 0.4) is 0 Å². The third-order valence-corrected chi connectivity index (χ3v) is 3.05. The first-order valence-corrected chi connectivity index (χ1v) is 6.00. The van der Waals surface area contributed by atoms with Crippen molar-refractivity contribution in [3.8, 4) is 0 Å². The molecule has 0 spiro atoms. The second-order valence-electron chi connectivity index (χ2n) is 4.19. The van der Waals surface area contributed by atoms with E-state index in [1.807, 2.05) is 0 Å². The monoisotopic (exact) mass is 198 g/mol. The van der Waals surface area contributed by atoms with Crippen molar-refractivity contribution in [2.75, 3.05) is 0 Å². The Balaban J connectivity index is 2.00. The van der Waals surface area contributed by atoms with Crippen molar-refractivity contribution in [3.05, 3.63) is 0 Å². The van der Waals surface area contributed by atoms with E-state index in [0.29, 0.717) is 0 Å². The molecule has 0 aromatic heterocycles. The molecule has 1 heterocycles. The molecule has 2 heteroatoms. The fourth-order valence-corrected chi connectivity index (χ4v) is 2.04. The molecule has 1 rings (SSSR count). The third-order valence-electron chi connectivity index (χ3n) is 3.05. The first kappa shape index (κ1) is 11.5. The molecule has 2 atom stereocenters. The number of hydrogen-bond donors (Lipinski definition) is 0. The van der Waals surface area contributed by atoms with E-state index in [-0.39, 0.29) is 18.0 Å². The van der Waals surface area contributed by atoms with Crippen molar-refractivity contribution in [2.24, 2.45) is 5.92 Å². The molecule has 14 heavy (non-hydrogen) atoms. The van der Waals surface area contributed by atoms with E-state index in [0.717, 1.165) is 12.8 Å². The first-order valence-electron chi connectivity index (χ1n) is 6.00. The van der Waals surface area contributed by atoms with Gasteiger partial charge in [-0.25, -0.2) is 0 Å². The zero-order chi connectivity index (χ0) is 10.4. The predicted octanol–water partition coefficient (Wildman–Crippen LogP) is 3.30. The third kappa shape index (κ3) is 3.00. The van der Waals surface area contributed by atoms with Crippen molar-refractivity contribution in [3.63, 3.8) is 0 Å². The molecule has 1 aliphatic heterocycles. The Kier molecular flexibility index (Phi) is 4.99. The molecule has 0 aromatic rings. The van der Waals surface area contributed by atoms with Crippen LogP contribution in [0.2, 0.25) is 0 Å². The Hall–Kier alpha value is -0.530. The Morgan fingerprint density at radius 3 is 2.43 bits per heavy atom. The Morgan fingerprint density at radius 2 is 1.86 bits per heavy atom. The Bertz CT molecular complexity index is 177. The molecule has 1 saturated heterocycles. The van der Waals surface area contributed by atoms with Crippen LogP contribution in [0.5, 0.6) is 0 Å². The van der Waals surface area contributed by atoms with E-state index >= 15 is 0 Å². The molecule has 0 bridgehead atoms. The van der Waals surface area contributed by atoms with Gasteiger partial charge in [0.25, 0.3) is 0 Å². The minimum Gasteiger partial charge on any atom is -0.461 e. The Morgan fingerprint density at radius 1 is 1.14 bits per heavy atom. The molecule has 0 aliphatic carbocycles. The van der Waals surface area contributed by atoms with E-state index < -0.39 is 0 Å². The number of cyclic esters (lactones) is 1. The van der Waals surface area contributed by atoms with Crippen LogP contribution in [0.1, 0.15) is 58.8 Å². The van der Waals surface area contributed by atoms with Gasteiger partial charge < -0.3 is 4.74 Å². The maximum absolute atomic E-state index is 11.0. The summed E-state index contributed by atoms with van der Waals surface area (Å²) in [5.74, 6) is 0.229. The summed E-state index contributed by atoms with van der Waals surface area (Å²) in [6, 6.07) is 0. The molecule has 82 valence electrons. The number of carbonyl (C=O) groups excluding carboxylic acids is 1. The zero-order valence-corrected chi connectivity index (χ0v) is 9.42. The maximum atomic E-state index is 11.0. The molecular formula is C12H22O2. The summed E-state index contributed by atoms with van der Waals surface area (Å²) in [4.78, 5) is 11.0. The molecule has 0 unspecified atom stereocenters. The average Bonchev–Trinajstić information content (AvgIpc) is 2.16. The van der Waals surface area contributed by atoms with E-state index in [4.69, 9.17) is 4.74 Å². The summed E-state index contributed by atoms with van der Waals surface area (Å²) in [6.07, 6.45) is 8.72. The number of esters is 1. The van der Waals surface area contributed by atoms with Gasteiger partial charge in [0.2, 0.25) is 0 Å². The number of unbranched alkanes of at least 4 members (excludes halogenated alkanes) is 4. The summed E-state index contributed by atoms with van der Waals surface area (Å²) in [6.45, 7) is 4.29. The molecule has 1 fully saturated rings. The predicted molar refractivity (Wildman–Crippen MR) is 57.0 cm³/mol. The van der Waals surface area contributed by atoms with E-state index in [2.05, 4.69) is 13.8 Å². The lowest BCUT2D eigenvalue weighted by Gasteiger charge is -2.34. The van der Waals surface area contributed by atoms with Gasteiger partial charge in [0.1, 0.15) is 6.10 Å². The van der Waals surface area contributed by atoms with Crippen LogP contribution in [-0.4, -0.2) is 12.1 Å². The van der Waals surface area contributed by atoms with Gasteiger partial charge in [-0.2, -0.15) is 0 Å². The fraction of sp³-hybridized carbons (Fsp3) is 0.917. The lowest BCUT2D eigenvalue weighted by Crippen LogP contribution is -2.44. The zero-order valence-electron chi connectivity index (χ0n) is 9.42. The second kappa shape index (κ2) is 6.05.